The third kappa shape index (κ3) is 4.17. The molecule has 0 aromatic heterocycles. The third-order valence-corrected chi connectivity index (χ3v) is 5.59. The van der Waals surface area contributed by atoms with Crippen LogP contribution in [0.1, 0.15) is 24.1 Å². The Hall–Kier alpha value is -1.83. The van der Waals surface area contributed by atoms with Crippen molar-refractivity contribution in [3.63, 3.8) is 0 Å². The fraction of sp³-hybridized carbons (Fsp3) is 0.294. The smallest absolute Gasteiger partial charge is 0.242 e. The van der Waals surface area contributed by atoms with Gasteiger partial charge in [-0.3, -0.25) is 0 Å². The Kier molecular flexibility index (Phi) is 5.69. The largest absolute Gasteiger partial charge is 0.306 e. The minimum atomic E-state index is -3.46. The van der Waals surface area contributed by atoms with Gasteiger partial charge < -0.3 is 5.32 Å². The number of nitrogens with one attached hydrogen (secondary N) is 1. The van der Waals surface area contributed by atoms with Crippen LogP contribution in [0.2, 0.25) is 0 Å². The van der Waals surface area contributed by atoms with Crippen molar-refractivity contribution < 1.29 is 17.2 Å². The van der Waals surface area contributed by atoms with Crippen molar-refractivity contribution in [2.45, 2.75) is 24.4 Å². The average molecular weight is 354 g/mol. The van der Waals surface area contributed by atoms with Crippen molar-refractivity contribution >= 4 is 10.0 Å². The normalized spacial score (nSPS) is 13.2. The van der Waals surface area contributed by atoms with Crippen LogP contribution in [0.5, 0.6) is 0 Å². The summed E-state index contributed by atoms with van der Waals surface area (Å²) >= 11 is 0. The second-order valence-corrected chi connectivity index (χ2v) is 7.85. The van der Waals surface area contributed by atoms with Gasteiger partial charge in [0.15, 0.2) is 0 Å². The van der Waals surface area contributed by atoms with E-state index in [1.165, 1.54) is 26.2 Å². The number of rotatable bonds is 6. The van der Waals surface area contributed by atoms with Gasteiger partial charge in [0.05, 0.1) is 4.90 Å². The van der Waals surface area contributed by atoms with E-state index >= 15 is 0 Å². The molecule has 1 N–H and O–H groups in total. The lowest BCUT2D eigenvalue weighted by Crippen LogP contribution is -2.22. The van der Waals surface area contributed by atoms with E-state index in [0.29, 0.717) is 0 Å². The molecule has 0 aliphatic rings. The molecular formula is C17H20F2N2O2S. The van der Waals surface area contributed by atoms with Gasteiger partial charge >= 0.3 is 0 Å². The molecule has 24 heavy (non-hydrogen) atoms. The van der Waals surface area contributed by atoms with Gasteiger partial charge in [-0.05, 0) is 42.8 Å². The Morgan fingerprint density at radius 3 is 2.29 bits per heavy atom. The van der Waals surface area contributed by atoms with Crippen LogP contribution in [0.25, 0.3) is 0 Å². The molecule has 2 rings (SSSR count). The van der Waals surface area contributed by atoms with E-state index in [1.54, 1.807) is 12.1 Å². The zero-order valence-corrected chi connectivity index (χ0v) is 14.6. The minimum absolute atomic E-state index is 0.149. The molecule has 2 aromatic rings. The van der Waals surface area contributed by atoms with Crippen LogP contribution in [0.4, 0.5) is 8.78 Å². The van der Waals surface area contributed by atoms with Crippen LogP contribution < -0.4 is 5.32 Å². The minimum Gasteiger partial charge on any atom is -0.306 e. The summed E-state index contributed by atoms with van der Waals surface area (Å²) < 4.78 is 52.0. The predicted octanol–water partition coefficient (Wildman–Crippen LogP) is 3.07. The summed E-state index contributed by atoms with van der Waals surface area (Å²) in [6.45, 7) is 2.04. The molecule has 0 heterocycles. The molecule has 0 aliphatic heterocycles. The van der Waals surface area contributed by atoms with E-state index < -0.39 is 21.7 Å². The van der Waals surface area contributed by atoms with E-state index in [4.69, 9.17) is 0 Å². The third-order valence-electron chi connectivity index (χ3n) is 3.77. The first-order chi connectivity index (χ1) is 11.2. The lowest BCUT2D eigenvalue weighted by atomic mass is 10.1. The highest BCUT2D eigenvalue weighted by atomic mass is 32.2. The Morgan fingerprint density at radius 2 is 1.71 bits per heavy atom. The zero-order valence-electron chi connectivity index (χ0n) is 13.8. The Bertz CT molecular complexity index is 806. The Balaban J connectivity index is 2.08. The Morgan fingerprint density at radius 1 is 1.08 bits per heavy atom. The summed E-state index contributed by atoms with van der Waals surface area (Å²) in [5, 5.41) is 3.10. The molecule has 1 unspecified atom stereocenters. The summed E-state index contributed by atoms with van der Waals surface area (Å²) in [7, 11) is -0.517. The second kappa shape index (κ2) is 7.38. The first-order valence-corrected chi connectivity index (χ1v) is 8.85. The molecule has 130 valence electrons. The number of benzene rings is 2. The lowest BCUT2D eigenvalue weighted by molar-refractivity contribution is 0.520. The van der Waals surface area contributed by atoms with Crippen molar-refractivity contribution in [1.82, 2.24) is 9.62 Å². The second-order valence-electron chi connectivity index (χ2n) is 5.69. The van der Waals surface area contributed by atoms with E-state index in [2.05, 4.69) is 5.32 Å². The lowest BCUT2D eigenvalue weighted by Gasteiger charge is -2.16. The number of nitrogens with zero attached hydrogens (tertiary/aromatic N) is 1. The summed E-state index contributed by atoms with van der Waals surface area (Å²) in [4.78, 5) is 0.208. The van der Waals surface area contributed by atoms with Crippen molar-refractivity contribution in [3.05, 3.63) is 65.2 Å². The molecule has 0 bridgehead atoms. The maximum absolute atomic E-state index is 13.6. The van der Waals surface area contributed by atoms with Crippen LogP contribution in [0, 0.1) is 11.6 Å². The molecule has 2 aromatic carbocycles. The van der Waals surface area contributed by atoms with Crippen molar-refractivity contribution in [2.75, 3.05) is 14.1 Å². The van der Waals surface area contributed by atoms with E-state index in [9.17, 15) is 17.2 Å². The molecule has 1 atom stereocenters. The zero-order chi connectivity index (χ0) is 17.9. The van der Waals surface area contributed by atoms with Crippen molar-refractivity contribution in [1.29, 1.82) is 0 Å². The first-order valence-electron chi connectivity index (χ1n) is 7.41. The standard InChI is InChI=1S/C17H20F2N2O2S/c1-12(20-11-14-10-15(18)6-9-17(14)19)13-4-7-16(8-5-13)24(22,23)21(2)3/h4-10,12,20H,11H2,1-3H3. The van der Waals surface area contributed by atoms with Crippen LogP contribution in [-0.2, 0) is 16.6 Å². The average Bonchev–Trinajstić information content (AvgIpc) is 2.55. The molecule has 0 spiro atoms. The molecule has 0 aliphatic carbocycles. The fourth-order valence-corrected chi connectivity index (χ4v) is 3.10. The van der Waals surface area contributed by atoms with Gasteiger partial charge in [-0.2, -0.15) is 0 Å². The van der Waals surface area contributed by atoms with Crippen LogP contribution >= 0.6 is 0 Å². The van der Waals surface area contributed by atoms with Gasteiger partial charge in [0, 0.05) is 32.2 Å². The number of halogens is 2. The SMILES string of the molecule is CC(NCc1cc(F)ccc1F)c1ccc(S(=O)(=O)N(C)C)cc1. The monoisotopic (exact) mass is 354 g/mol. The highest BCUT2D eigenvalue weighted by Gasteiger charge is 2.17. The maximum atomic E-state index is 13.6. The van der Waals surface area contributed by atoms with E-state index in [-0.39, 0.29) is 23.0 Å². The predicted molar refractivity (Wildman–Crippen MR) is 88.9 cm³/mol. The molecule has 0 saturated heterocycles. The van der Waals surface area contributed by atoms with Crippen molar-refractivity contribution in [3.8, 4) is 0 Å². The van der Waals surface area contributed by atoms with Gasteiger partial charge in [-0.15, -0.1) is 0 Å². The first kappa shape index (κ1) is 18.5. The van der Waals surface area contributed by atoms with E-state index in [1.807, 2.05) is 6.92 Å². The fourth-order valence-electron chi connectivity index (χ4n) is 2.20. The van der Waals surface area contributed by atoms with Gasteiger partial charge in [0.25, 0.3) is 0 Å². The summed E-state index contributed by atoms with van der Waals surface area (Å²) in [6.07, 6.45) is 0. The van der Waals surface area contributed by atoms with Crippen molar-refractivity contribution in [2.24, 2.45) is 0 Å². The molecule has 7 heteroatoms. The van der Waals surface area contributed by atoms with Gasteiger partial charge in [0.1, 0.15) is 11.6 Å². The van der Waals surface area contributed by atoms with E-state index in [0.717, 1.165) is 28.1 Å². The number of sulfonamides is 1. The maximum Gasteiger partial charge on any atom is 0.242 e. The summed E-state index contributed by atoms with van der Waals surface area (Å²) in [5.74, 6) is -0.956. The molecule has 4 nitrogen and oxygen atoms in total. The summed E-state index contributed by atoms with van der Waals surface area (Å²) in [6, 6.07) is 9.65. The topological polar surface area (TPSA) is 49.4 Å². The highest BCUT2D eigenvalue weighted by molar-refractivity contribution is 7.89. The van der Waals surface area contributed by atoms with Crippen LogP contribution in [0.15, 0.2) is 47.4 Å². The van der Waals surface area contributed by atoms with Gasteiger partial charge in [-0.25, -0.2) is 21.5 Å². The molecule has 0 fully saturated rings. The van der Waals surface area contributed by atoms with Crippen LogP contribution in [0.3, 0.4) is 0 Å². The molecule has 0 radical (unpaired) electrons. The van der Waals surface area contributed by atoms with Gasteiger partial charge in [0.2, 0.25) is 10.0 Å². The highest BCUT2D eigenvalue weighted by Crippen LogP contribution is 2.19. The molecular weight excluding hydrogens is 334 g/mol. The molecule has 0 amide bonds. The summed E-state index contributed by atoms with van der Waals surface area (Å²) in [5.41, 5.74) is 1.10. The quantitative estimate of drug-likeness (QED) is 0.867. The van der Waals surface area contributed by atoms with Gasteiger partial charge in [-0.1, -0.05) is 12.1 Å². The Labute approximate surface area is 141 Å². The molecule has 0 saturated carbocycles. The number of hydrogen-bond donors (Lipinski definition) is 1. The number of hydrogen-bond acceptors (Lipinski definition) is 3. The van der Waals surface area contributed by atoms with Crippen LogP contribution in [-0.4, -0.2) is 26.8 Å².